The Morgan fingerprint density at radius 3 is 2.68 bits per heavy atom. The number of fused-ring (bicyclic) bond motifs is 1. The molecule has 0 atom stereocenters. The highest BCUT2D eigenvalue weighted by Gasteiger charge is 2.27. The van der Waals surface area contributed by atoms with Crippen molar-refractivity contribution in [1.29, 1.82) is 0 Å². The highest BCUT2D eigenvalue weighted by atomic mass is 32.1. The summed E-state index contributed by atoms with van der Waals surface area (Å²) in [6.45, 7) is 8.90. The molecule has 8 nitrogen and oxygen atoms in total. The molecule has 0 amide bonds. The van der Waals surface area contributed by atoms with E-state index in [1.54, 1.807) is 11.3 Å². The Kier molecular flexibility index (Phi) is 6.15. The molecule has 1 saturated carbocycles. The van der Waals surface area contributed by atoms with Gasteiger partial charge in [0.1, 0.15) is 16.2 Å². The van der Waals surface area contributed by atoms with Crippen LogP contribution in [0.2, 0.25) is 0 Å². The van der Waals surface area contributed by atoms with Gasteiger partial charge in [0.15, 0.2) is 5.82 Å². The number of morpholine rings is 1. The summed E-state index contributed by atoms with van der Waals surface area (Å²) < 4.78 is 7.46. The lowest BCUT2D eigenvalue weighted by Crippen LogP contribution is -2.46. The third-order valence-corrected chi connectivity index (χ3v) is 7.25. The van der Waals surface area contributed by atoms with E-state index in [9.17, 15) is 0 Å². The third kappa shape index (κ3) is 4.73. The molecule has 9 heteroatoms. The predicted octanol–water partition coefficient (Wildman–Crippen LogP) is 3.26. The van der Waals surface area contributed by atoms with Gasteiger partial charge in [-0.1, -0.05) is 11.3 Å². The lowest BCUT2D eigenvalue weighted by molar-refractivity contribution is 0.00791. The van der Waals surface area contributed by atoms with Crippen LogP contribution in [0.15, 0.2) is 12.4 Å². The number of aryl methyl sites for hydroxylation is 2. The van der Waals surface area contributed by atoms with E-state index in [2.05, 4.69) is 28.4 Å². The molecule has 4 heterocycles. The van der Waals surface area contributed by atoms with Crippen molar-refractivity contribution < 1.29 is 4.74 Å². The first kappa shape index (κ1) is 20.8. The fourth-order valence-electron chi connectivity index (χ4n) is 4.72. The average Bonchev–Trinajstić information content (AvgIpc) is 3.40. The fraction of sp³-hybridized carbons (Fsp3) is 0.636. The summed E-state index contributed by atoms with van der Waals surface area (Å²) in [4.78, 5) is 18.0. The molecule has 31 heavy (non-hydrogen) atoms. The number of rotatable bonds is 6. The van der Waals surface area contributed by atoms with E-state index in [1.165, 1.54) is 12.8 Å². The van der Waals surface area contributed by atoms with E-state index in [0.717, 1.165) is 78.3 Å². The summed E-state index contributed by atoms with van der Waals surface area (Å²) in [5.74, 6) is 1.72. The second-order valence-corrected chi connectivity index (χ2v) is 9.74. The summed E-state index contributed by atoms with van der Waals surface area (Å²) in [6.07, 6.45) is 9.45. The largest absolute Gasteiger partial charge is 0.379 e. The van der Waals surface area contributed by atoms with Gasteiger partial charge < -0.3 is 10.1 Å². The van der Waals surface area contributed by atoms with Gasteiger partial charge in [0.2, 0.25) is 0 Å². The summed E-state index contributed by atoms with van der Waals surface area (Å²) in [5.41, 5.74) is 2.05. The van der Waals surface area contributed by atoms with Gasteiger partial charge in [0.05, 0.1) is 24.4 Å². The molecule has 1 saturated heterocycles. The fourth-order valence-corrected chi connectivity index (χ4v) is 5.53. The molecule has 2 fully saturated rings. The zero-order chi connectivity index (χ0) is 21.2. The lowest BCUT2D eigenvalue weighted by Gasteiger charge is -2.39. The molecule has 5 rings (SSSR count). The normalized spacial score (nSPS) is 22.8. The van der Waals surface area contributed by atoms with E-state index in [1.807, 2.05) is 17.8 Å². The molecule has 0 aromatic carbocycles. The molecule has 1 aliphatic carbocycles. The second-order valence-electron chi connectivity index (χ2n) is 8.55. The molecule has 0 radical (unpaired) electrons. The molecule has 3 aromatic rings. The monoisotopic (exact) mass is 441 g/mol. The van der Waals surface area contributed by atoms with Gasteiger partial charge in [0.25, 0.3) is 0 Å². The minimum absolute atomic E-state index is 0.438. The first-order chi connectivity index (χ1) is 15.2. The van der Waals surface area contributed by atoms with Gasteiger partial charge in [-0.3, -0.25) is 9.58 Å². The second kappa shape index (κ2) is 9.18. The predicted molar refractivity (Wildman–Crippen MR) is 123 cm³/mol. The van der Waals surface area contributed by atoms with Crippen LogP contribution in [0.1, 0.15) is 49.0 Å². The Labute approximate surface area is 187 Å². The highest BCUT2D eigenvalue weighted by molar-refractivity contribution is 7.18. The zero-order valence-electron chi connectivity index (χ0n) is 18.4. The van der Waals surface area contributed by atoms with E-state index in [4.69, 9.17) is 19.7 Å². The maximum atomic E-state index is 5.52. The maximum Gasteiger partial charge on any atom is 0.157 e. The van der Waals surface area contributed by atoms with Gasteiger partial charge in [-0.25, -0.2) is 15.0 Å². The first-order valence-corrected chi connectivity index (χ1v) is 12.2. The Morgan fingerprint density at radius 2 is 1.94 bits per heavy atom. The first-order valence-electron chi connectivity index (χ1n) is 11.4. The molecule has 1 N–H and O–H groups in total. The van der Waals surface area contributed by atoms with E-state index in [0.29, 0.717) is 18.5 Å². The van der Waals surface area contributed by atoms with Crippen molar-refractivity contribution in [1.82, 2.24) is 29.6 Å². The van der Waals surface area contributed by atoms with Crippen LogP contribution < -0.4 is 5.32 Å². The highest BCUT2D eigenvalue weighted by Crippen LogP contribution is 2.30. The van der Waals surface area contributed by atoms with E-state index >= 15 is 0 Å². The minimum Gasteiger partial charge on any atom is -0.379 e. The molecule has 3 aromatic heterocycles. The van der Waals surface area contributed by atoms with Crippen molar-refractivity contribution in [2.45, 2.75) is 64.6 Å². The number of nitrogens with zero attached hydrogens (tertiary/aromatic N) is 6. The maximum absolute atomic E-state index is 5.52. The van der Waals surface area contributed by atoms with Crippen molar-refractivity contribution in [2.24, 2.45) is 0 Å². The molecular formula is C22H31N7OS. The zero-order valence-corrected chi connectivity index (χ0v) is 19.2. The van der Waals surface area contributed by atoms with Gasteiger partial charge >= 0.3 is 0 Å². The topological polar surface area (TPSA) is 81.0 Å². The number of anilines is 1. The van der Waals surface area contributed by atoms with Crippen LogP contribution in [0.3, 0.4) is 0 Å². The van der Waals surface area contributed by atoms with E-state index < -0.39 is 0 Å². The van der Waals surface area contributed by atoms with Crippen LogP contribution in [0, 0.1) is 6.92 Å². The Morgan fingerprint density at radius 1 is 1.13 bits per heavy atom. The standard InChI is InChI=1S/C22H31N7OS/c1-3-29-14-16(13-23-29)12-19-26-21(20-22(27-19)31-15(2)24-20)25-17-4-6-18(7-5-17)28-8-10-30-11-9-28/h13-14,17-18H,3-12H2,1-2H3,(H,25,26,27)/t17-,18-. The number of ether oxygens (including phenoxy) is 1. The van der Waals surface area contributed by atoms with Crippen molar-refractivity contribution in [3.8, 4) is 0 Å². The quantitative estimate of drug-likeness (QED) is 0.629. The molecule has 0 spiro atoms. The van der Waals surface area contributed by atoms with E-state index in [-0.39, 0.29) is 0 Å². The Balaban J connectivity index is 1.30. The third-order valence-electron chi connectivity index (χ3n) is 6.38. The van der Waals surface area contributed by atoms with Gasteiger partial charge in [-0.15, -0.1) is 0 Å². The molecule has 0 bridgehead atoms. The lowest BCUT2D eigenvalue weighted by atomic mass is 9.90. The van der Waals surface area contributed by atoms with Crippen molar-refractivity contribution >= 4 is 27.5 Å². The summed E-state index contributed by atoms with van der Waals surface area (Å²) in [6, 6.07) is 1.13. The Hall–Kier alpha value is -2.10. The van der Waals surface area contributed by atoms with Crippen LogP contribution in [-0.2, 0) is 17.7 Å². The van der Waals surface area contributed by atoms with Crippen LogP contribution in [0.4, 0.5) is 5.82 Å². The summed E-state index contributed by atoms with van der Waals surface area (Å²) in [7, 11) is 0. The van der Waals surface area contributed by atoms with Gasteiger partial charge in [0, 0.05) is 44.3 Å². The van der Waals surface area contributed by atoms with Crippen LogP contribution in [0.25, 0.3) is 10.3 Å². The number of nitrogens with one attached hydrogen (secondary N) is 1. The Bertz CT molecular complexity index is 1020. The average molecular weight is 442 g/mol. The number of hydrogen-bond acceptors (Lipinski definition) is 8. The molecular weight excluding hydrogens is 410 g/mol. The number of aromatic nitrogens is 5. The molecule has 0 unspecified atom stereocenters. The van der Waals surface area contributed by atoms with Crippen LogP contribution >= 0.6 is 11.3 Å². The molecule has 2 aliphatic rings. The molecule has 166 valence electrons. The number of hydrogen-bond donors (Lipinski definition) is 1. The minimum atomic E-state index is 0.438. The summed E-state index contributed by atoms with van der Waals surface area (Å²) in [5, 5.41) is 9.14. The molecule has 1 aliphatic heterocycles. The van der Waals surface area contributed by atoms with Crippen LogP contribution in [0.5, 0.6) is 0 Å². The smallest absolute Gasteiger partial charge is 0.157 e. The SMILES string of the molecule is CCn1cc(Cc2nc(N[C@H]3CC[C@H](N4CCOCC4)CC3)c3nc(C)sc3n2)cn1. The van der Waals surface area contributed by atoms with Crippen LogP contribution in [-0.4, -0.2) is 68.0 Å². The summed E-state index contributed by atoms with van der Waals surface area (Å²) >= 11 is 1.64. The van der Waals surface area contributed by atoms with Crippen molar-refractivity contribution in [3.63, 3.8) is 0 Å². The van der Waals surface area contributed by atoms with Crippen molar-refractivity contribution in [3.05, 3.63) is 28.8 Å². The van der Waals surface area contributed by atoms with Crippen molar-refractivity contribution in [2.75, 3.05) is 31.6 Å². The van der Waals surface area contributed by atoms with Gasteiger partial charge in [-0.2, -0.15) is 5.10 Å². The number of thiazole rings is 1. The van der Waals surface area contributed by atoms with Gasteiger partial charge in [-0.05, 0) is 45.1 Å².